The van der Waals surface area contributed by atoms with E-state index >= 15 is 0 Å². The van der Waals surface area contributed by atoms with Crippen molar-refractivity contribution in [2.75, 3.05) is 0 Å². The van der Waals surface area contributed by atoms with Crippen LogP contribution in [-0.2, 0) is 11.3 Å². The summed E-state index contributed by atoms with van der Waals surface area (Å²) in [6.07, 6.45) is 5.35. The molecule has 1 aromatic carbocycles. The quantitative estimate of drug-likeness (QED) is 0.743. The van der Waals surface area contributed by atoms with Crippen molar-refractivity contribution in [2.24, 2.45) is 0 Å². The molecule has 0 bridgehead atoms. The number of aromatic nitrogens is 3. The van der Waals surface area contributed by atoms with E-state index in [0.29, 0.717) is 17.9 Å². The van der Waals surface area contributed by atoms with Crippen molar-refractivity contribution in [2.45, 2.75) is 12.6 Å². The minimum absolute atomic E-state index is 0.356. The van der Waals surface area contributed by atoms with Gasteiger partial charge in [0.1, 0.15) is 6.04 Å². The SMILES string of the molecule is O=C(O)C(NCc1cn2cccnc2n1)c1ccccc1. The standard InChI is InChI=1S/C15H14N4O2/c20-14(21)13(11-5-2-1-3-6-11)17-9-12-10-19-8-4-7-16-15(19)18-12/h1-8,10,13,17H,9H2,(H,20,21). The molecule has 0 aliphatic rings. The van der Waals surface area contributed by atoms with Crippen molar-refractivity contribution >= 4 is 11.7 Å². The molecule has 106 valence electrons. The summed E-state index contributed by atoms with van der Waals surface area (Å²) < 4.78 is 1.80. The fourth-order valence-corrected chi connectivity index (χ4v) is 2.16. The molecule has 2 heterocycles. The number of carboxylic acid groups (broad SMARTS) is 1. The third-order valence-electron chi connectivity index (χ3n) is 3.15. The monoisotopic (exact) mass is 282 g/mol. The first-order valence-electron chi connectivity index (χ1n) is 6.54. The first-order chi connectivity index (χ1) is 10.2. The van der Waals surface area contributed by atoms with E-state index in [4.69, 9.17) is 0 Å². The van der Waals surface area contributed by atoms with Gasteiger partial charge in [-0.05, 0) is 11.6 Å². The summed E-state index contributed by atoms with van der Waals surface area (Å²) in [5.74, 6) is -0.316. The zero-order valence-electron chi connectivity index (χ0n) is 11.2. The molecule has 1 atom stereocenters. The smallest absolute Gasteiger partial charge is 0.325 e. The van der Waals surface area contributed by atoms with Crippen LogP contribution in [0.25, 0.3) is 5.78 Å². The maximum absolute atomic E-state index is 11.4. The normalized spacial score (nSPS) is 12.4. The zero-order chi connectivity index (χ0) is 14.7. The van der Waals surface area contributed by atoms with Gasteiger partial charge in [0.25, 0.3) is 0 Å². The van der Waals surface area contributed by atoms with Gasteiger partial charge in [-0.2, -0.15) is 0 Å². The van der Waals surface area contributed by atoms with Crippen LogP contribution in [0.5, 0.6) is 0 Å². The molecular formula is C15H14N4O2. The van der Waals surface area contributed by atoms with Gasteiger partial charge in [-0.3, -0.25) is 14.5 Å². The molecule has 3 aromatic rings. The van der Waals surface area contributed by atoms with Gasteiger partial charge >= 0.3 is 5.97 Å². The van der Waals surface area contributed by atoms with E-state index in [9.17, 15) is 9.90 Å². The molecule has 0 amide bonds. The van der Waals surface area contributed by atoms with Gasteiger partial charge in [-0.25, -0.2) is 9.97 Å². The molecule has 0 spiro atoms. The highest BCUT2D eigenvalue weighted by Crippen LogP contribution is 2.13. The lowest BCUT2D eigenvalue weighted by Crippen LogP contribution is -2.28. The summed E-state index contributed by atoms with van der Waals surface area (Å²) in [6.45, 7) is 0.356. The molecule has 0 aliphatic heterocycles. The molecule has 2 aromatic heterocycles. The van der Waals surface area contributed by atoms with Crippen LogP contribution in [0.15, 0.2) is 55.0 Å². The minimum Gasteiger partial charge on any atom is -0.480 e. The van der Waals surface area contributed by atoms with Gasteiger partial charge in [0.2, 0.25) is 5.78 Å². The Morgan fingerprint density at radius 2 is 2.10 bits per heavy atom. The summed E-state index contributed by atoms with van der Waals surface area (Å²) in [5, 5.41) is 12.4. The Morgan fingerprint density at radius 1 is 1.29 bits per heavy atom. The van der Waals surface area contributed by atoms with Crippen LogP contribution < -0.4 is 5.32 Å². The number of nitrogens with zero attached hydrogens (tertiary/aromatic N) is 3. The number of benzene rings is 1. The van der Waals surface area contributed by atoms with E-state index in [1.165, 1.54) is 0 Å². The fraction of sp³-hybridized carbons (Fsp3) is 0.133. The topological polar surface area (TPSA) is 79.5 Å². The van der Waals surface area contributed by atoms with E-state index in [0.717, 1.165) is 5.69 Å². The lowest BCUT2D eigenvalue weighted by molar-refractivity contribution is -0.139. The first kappa shape index (κ1) is 13.3. The van der Waals surface area contributed by atoms with E-state index in [1.54, 1.807) is 22.7 Å². The summed E-state index contributed by atoms with van der Waals surface area (Å²) in [6, 6.07) is 10.1. The van der Waals surface area contributed by atoms with Crippen LogP contribution in [0.1, 0.15) is 17.3 Å². The van der Waals surface area contributed by atoms with Crippen LogP contribution >= 0.6 is 0 Å². The first-order valence-corrected chi connectivity index (χ1v) is 6.54. The van der Waals surface area contributed by atoms with Gasteiger partial charge in [-0.15, -0.1) is 0 Å². The summed E-state index contributed by atoms with van der Waals surface area (Å²) >= 11 is 0. The molecule has 0 aliphatic carbocycles. The van der Waals surface area contributed by atoms with Crippen molar-refractivity contribution in [1.29, 1.82) is 0 Å². The van der Waals surface area contributed by atoms with Crippen LogP contribution in [0.4, 0.5) is 0 Å². The molecule has 0 saturated carbocycles. The molecule has 0 radical (unpaired) electrons. The van der Waals surface area contributed by atoms with Gasteiger partial charge in [0, 0.05) is 25.1 Å². The van der Waals surface area contributed by atoms with Crippen LogP contribution in [0, 0.1) is 0 Å². The van der Waals surface area contributed by atoms with Crippen molar-refractivity contribution in [3.05, 3.63) is 66.2 Å². The van der Waals surface area contributed by atoms with Gasteiger partial charge < -0.3 is 5.11 Å². The second-order valence-electron chi connectivity index (χ2n) is 4.62. The summed E-state index contributed by atoms with van der Waals surface area (Å²) in [4.78, 5) is 19.9. The largest absolute Gasteiger partial charge is 0.480 e. The number of nitrogens with one attached hydrogen (secondary N) is 1. The number of hydrogen-bond donors (Lipinski definition) is 2. The zero-order valence-corrected chi connectivity index (χ0v) is 11.2. The molecule has 3 rings (SSSR count). The Balaban J connectivity index is 1.76. The molecule has 1 unspecified atom stereocenters. The summed E-state index contributed by atoms with van der Waals surface area (Å²) in [7, 11) is 0. The van der Waals surface area contributed by atoms with Gasteiger partial charge in [-0.1, -0.05) is 30.3 Å². The maximum Gasteiger partial charge on any atom is 0.325 e. The number of rotatable bonds is 5. The molecule has 6 nitrogen and oxygen atoms in total. The van der Waals surface area contributed by atoms with E-state index in [-0.39, 0.29) is 0 Å². The number of imidazole rings is 1. The number of hydrogen-bond acceptors (Lipinski definition) is 4. The third-order valence-corrected chi connectivity index (χ3v) is 3.15. The highest BCUT2D eigenvalue weighted by Gasteiger charge is 2.19. The average Bonchev–Trinajstić information content (AvgIpc) is 2.91. The maximum atomic E-state index is 11.4. The molecule has 2 N–H and O–H groups in total. The number of fused-ring (bicyclic) bond motifs is 1. The number of aliphatic carboxylic acids is 1. The van der Waals surface area contributed by atoms with Crippen LogP contribution in [0.3, 0.4) is 0 Å². The summed E-state index contributed by atoms with van der Waals surface area (Å²) in [5.41, 5.74) is 1.46. The van der Waals surface area contributed by atoms with E-state index in [1.807, 2.05) is 36.7 Å². The lowest BCUT2D eigenvalue weighted by atomic mass is 10.1. The number of carbonyl (C=O) groups is 1. The average molecular weight is 282 g/mol. The Labute approximate surface area is 121 Å². The molecule has 6 heteroatoms. The van der Waals surface area contributed by atoms with Crippen molar-refractivity contribution in [3.8, 4) is 0 Å². The second-order valence-corrected chi connectivity index (χ2v) is 4.62. The van der Waals surface area contributed by atoms with Gasteiger partial charge in [0.15, 0.2) is 0 Å². The van der Waals surface area contributed by atoms with Crippen molar-refractivity contribution in [3.63, 3.8) is 0 Å². The van der Waals surface area contributed by atoms with Crippen LogP contribution in [0.2, 0.25) is 0 Å². The Bertz CT molecular complexity index is 721. The van der Waals surface area contributed by atoms with Crippen molar-refractivity contribution in [1.82, 2.24) is 19.7 Å². The second kappa shape index (κ2) is 5.72. The highest BCUT2D eigenvalue weighted by atomic mass is 16.4. The Kier molecular flexibility index (Phi) is 3.61. The number of carboxylic acids is 1. The Hall–Kier alpha value is -2.73. The highest BCUT2D eigenvalue weighted by molar-refractivity contribution is 5.75. The van der Waals surface area contributed by atoms with Gasteiger partial charge in [0.05, 0.1) is 5.69 Å². The fourth-order valence-electron chi connectivity index (χ4n) is 2.16. The Morgan fingerprint density at radius 3 is 2.81 bits per heavy atom. The van der Waals surface area contributed by atoms with E-state index < -0.39 is 12.0 Å². The van der Waals surface area contributed by atoms with E-state index in [2.05, 4.69) is 15.3 Å². The molecule has 0 saturated heterocycles. The predicted octanol–water partition coefficient (Wildman–Crippen LogP) is 1.64. The molecular weight excluding hydrogens is 268 g/mol. The third kappa shape index (κ3) is 2.90. The minimum atomic E-state index is -0.914. The molecule has 21 heavy (non-hydrogen) atoms. The molecule has 0 fully saturated rings. The van der Waals surface area contributed by atoms with Crippen molar-refractivity contribution < 1.29 is 9.90 Å². The predicted molar refractivity (Wildman–Crippen MR) is 76.6 cm³/mol. The van der Waals surface area contributed by atoms with Crippen LogP contribution in [-0.4, -0.2) is 25.4 Å². The lowest BCUT2D eigenvalue weighted by Gasteiger charge is -2.13.